The molecule has 2 aromatic rings. The van der Waals surface area contributed by atoms with Gasteiger partial charge in [0.2, 0.25) is 0 Å². The molecule has 0 saturated heterocycles. The molecule has 8 heteroatoms. The van der Waals surface area contributed by atoms with Gasteiger partial charge < -0.3 is 5.32 Å². The van der Waals surface area contributed by atoms with E-state index in [1.54, 1.807) is 30.3 Å². The van der Waals surface area contributed by atoms with E-state index in [9.17, 15) is 4.79 Å². The lowest BCUT2D eigenvalue weighted by Crippen LogP contribution is -2.34. The SMILES string of the molecule is O=C(NC(=S)Nc1ccc(Br)cc1Cl)c1cc(Cl)ccc1Cl. The normalized spacial score (nSPS) is 10.2. The standard InChI is InChI=1S/C14H8BrCl3N2OS/c15-7-1-4-12(11(18)5-7)19-14(22)20-13(21)9-6-8(16)2-3-10(9)17/h1-6H,(H2,19,20,21,22). The summed E-state index contributed by atoms with van der Waals surface area (Å²) in [5, 5.41) is 6.62. The number of hydrogen-bond acceptors (Lipinski definition) is 2. The molecule has 22 heavy (non-hydrogen) atoms. The van der Waals surface area contributed by atoms with Crippen molar-refractivity contribution in [3.8, 4) is 0 Å². The van der Waals surface area contributed by atoms with Gasteiger partial charge in [-0.15, -0.1) is 0 Å². The predicted molar refractivity (Wildman–Crippen MR) is 99.3 cm³/mol. The van der Waals surface area contributed by atoms with E-state index in [0.29, 0.717) is 15.7 Å². The number of nitrogens with one attached hydrogen (secondary N) is 2. The van der Waals surface area contributed by atoms with Crippen LogP contribution in [-0.2, 0) is 0 Å². The monoisotopic (exact) mass is 436 g/mol. The third kappa shape index (κ3) is 4.57. The molecule has 0 radical (unpaired) electrons. The Morgan fingerprint density at radius 1 is 1.05 bits per heavy atom. The van der Waals surface area contributed by atoms with Crippen LogP contribution in [0, 0.1) is 0 Å². The van der Waals surface area contributed by atoms with Gasteiger partial charge in [0.05, 0.1) is 21.3 Å². The fourth-order valence-electron chi connectivity index (χ4n) is 1.59. The first-order chi connectivity index (χ1) is 10.4. The molecule has 0 heterocycles. The number of carbonyl (C=O) groups is 1. The zero-order valence-electron chi connectivity index (χ0n) is 10.8. The molecule has 2 rings (SSSR count). The number of carbonyl (C=O) groups excluding carboxylic acids is 1. The van der Waals surface area contributed by atoms with E-state index in [2.05, 4.69) is 26.6 Å². The molecule has 0 spiro atoms. The lowest BCUT2D eigenvalue weighted by molar-refractivity contribution is 0.0978. The number of amides is 1. The summed E-state index contributed by atoms with van der Waals surface area (Å²) in [5.41, 5.74) is 0.813. The molecule has 0 bridgehead atoms. The van der Waals surface area contributed by atoms with Gasteiger partial charge >= 0.3 is 0 Å². The van der Waals surface area contributed by atoms with E-state index in [-0.39, 0.29) is 15.7 Å². The number of benzene rings is 2. The molecule has 0 aliphatic carbocycles. The molecule has 114 valence electrons. The molecule has 0 aliphatic rings. The van der Waals surface area contributed by atoms with Gasteiger partial charge in [-0.3, -0.25) is 10.1 Å². The van der Waals surface area contributed by atoms with Crippen LogP contribution in [0.3, 0.4) is 0 Å². The lowest BCUT2D eigenvalue weighted by atomic mass is 10.2. The fourth-order valence-corrected chi connectivity index (χ4v) is 2.89. The van der Waals surface area contributed by atoms with Crippen molar-refractivity contribution in [3.05, 3.63) is 61.5 Å². The third-order valence-corrected chi connectivity index (χ3v) is 4.15. The summed E-state index contributed by atoms with van der Waals surface area (Å²) < 4.78 is 0.837. The number of hydrogen-bond donors (Lipinski definition) is 2. The smallest absolute Gasteiger partial charge is 0.258 e. The van der Waals surface area contributed by atoms with E-state index in [0.717, 1.165) is 4.47 Å². The van der Waals surface area contributed by atoms with Crippen LogP contribution in [0.15, 0.2) is 40.9 Å². The first-order valence-corrected chi connectivity index (χ1v) is 8.23. The Hall–Kier alpha value is -0.850. The van der Waals surface area contributed by atoms with Gasteiger partial charge in [0.25, 0.3) is 5.91 Å². The van der Waals surface area contributed by atoms with Gasteiger partial charge in [0, 0.05) is 9.50 Å². The van der Waals surface area contributed by atoms with Crippen LogP contribution in [0.4, 0.5) is 5.69 Å². The summed E-state index contributed by atoms with van der Waals surface area (Å²) in [4.78, 5) is 12.1. The third-order valence-electron chi connectivity index (χ3n) is 2.58. The summed E-state index contributed by atoms with van der Waals surface area (Å²) in [6.45, 7) is 0. The maximum Gasteiger partial charge on any atom is 0.258 e. The highest BCUT2D eigenvalue weighted by Gasteiger charge is 2.13. The quantitative estimate of drug-likeness (QED) is 0.605. The minimum atomic E-state index is -0.460. The number of rotatable bonds is 2. The Morgan fingerprint density at radius 3 is 2.45 bits per heavy atom. The highest BCUT2D eigenvalue weighted by atomic mass is 79.9. The summed E-state index contributed by atoms with van der Waals surface area (Å²) in [6.07, 6.45) is 0. The Morgan fingerprint density at radius 2 is 1.77 bits per heavy atom. The molecule has 0 aliphatic heterocycles. The van der Waals surface area contributed by atoms with Crippen LogP contribution in [-0.4, -0.2) is 11.0 Å². The van der Waals surface area contributed by atoms with Crippen LogP contribution >= 0.6 is 63.0 Å². The molecule has 0 fully saturated rings. The maximum atomic E-state index is 12.1. The molecular weight excluding hydrogens is 430 g/mol. The van der Waals surface area contributed by atoms with Crippen molar-refractivity contribution < 1.29 is 4.79 Å². The molecular formula is C14H8BrCl3N2OS. The summed E-state index contributed by atoms with van der Waals surface area (Å²) in [6, 6.07) is 9.85. The highest BCUT2D eigenvalue weighted by Crippen LogP contribution is 2.25. The van der Waals surface area contributed by atoms with Gasteiger partial charge in [-0.05, 0) is 48.6 Å². The molecule has 1 amide bonds. The molecule has 0 unspecified atom stereocenters. The Kier molecular flexibility index (Phi) is 6.06. The summed E-state index contributed by atoms with van der Waals surface area (Å²) in [5.74, 6) is -0.460. The molecule has 2 N–H and O–H groups in total. The minimum Gasteiger partial charge on any atom is -0.331 e. The second kappa shape index (κ2) is 7.62. The topological polar surface area (TPSA) is 41.1 Å². The Labute approximate surface area is 156 Å². The van der Waals surface area contributed by atoms with Gasteiger partial charge in [0.15, 0.2) is 5.11 Å². The van der Waals surface area contributed by atoms with Gasteiger partial charge in [-0.1, -0.05) is 50.7 Å². The average molecular weight is 439 g/mol. The number of anilines is 1. The Balaban J connectivity index is 2.08. The molecule has 2 aromatic carbocycles. The van der Waals surface area contributed by atoms with Gasteiger partial charge in [-0.2, -0.15) is 0 Å². The Bertz CT molecular complexity index is 755. The van der Waals surface area contributed by atoms with Crippen LogP contribution in [0.25, 0.3) is 0 Å². The summed E-state index contributed by atoms with van der Waals surface area (Å²) >= 11 is 26.3. The number of halogens is 4. The zero-order chi connectivity index (χ0) is 16.3. The summed E-state index contributed by atoms with van der Waals surface area (Å²) in [7, 11) is 0. The van der Waals surface area contributed by atoms with Crippen molar-refractivity contribution in [1.82, 2.24) is 5.32 Å². The second-order valence-corrected chi connectivity index (χ2v) is 6.73. The van der Waals surface area contributed by atoms with Crippen molar-refractivity contribution in [3.63, 3.8) is 0 Å². The zero-order valence-corrected chi connectivity index (χ0v) is 15.5. The van der Waals surface area contributed by atoms with Crippen LogP contribution in [0.5, 0.6) is 0 Å². The predicted octanol–water partition coefficient (Wildman–Crippen LogP) is 5.54. The van der Waals surface area contributed by atoms with Gasteiger partial charge in [0.1, 0.15) is 0 Å². The van der Waals surface area contributed by atoms with Crippen LogP contribution in [0.1, 0.15) is 10.4 Å². The minimum absolute atomic E-state index is 0.102. The maximum absolute atomic E-state index is 12.1. The lowest BCUT2D eigenvalue weighted by Gasteiger charge is -2.12. The number of thiocarbonyl (C=S) groups is 1. The highest BCUT2D eigenvalue weighted by molar-refractivity contribution is 9.10. The van der Waals surface area contributed by atoms with Crippen LogP contribution < -0.4 is 10.6 Å². The van der Waals surface area contributed by atoms with Crippen molar-refractivity contribution in [2.45, 2.75) is 0 Å². The van der Waals surface area contributed by atoms with Crippen molar-refractivity contribution in [2.24, 2.45) is 0 Å². The average Bonchev–Trinajstić information content (AvgIpc) is 2.44. The van der Waals surface area contributed by atoms with E-state index < -0.39 is 5.91 Å². The first-order valence-electron chi connectivity index (χ1n) is 5.89. The largest absolute Gasteiger partial charge is 0.331 e. The van der Waals surface area contributed by atoms with Crippen molar-refractivity contribution in [2.75, 3.05) is 5.32 Å². The van der Waals surface area contributed by atoms with E-state index in [1.807, 2.05) is 0 Å². The fraction of sp³-hybridized carbons (Fsp3) is 0. The molecule has 0 saturated carbocycles. The van der Waals surface area contributed by atoms with Crippen LogP contribution in [0.2, 0.25) is 15.1 Å². The van der Waals surface area contributed by atoms with E-state index >= 15 is 0 Å². The van der Waals surface area contributed by atoms with Gasteiger partial charge in [-0.25, -0.2) is 0 Å². The van der Waals surface area contributed by atoms with E-state index in [4.69, 9.17) is 47.0 Å². The van der Waals surface area contributed by atoms with Crippen molar-refractivity contribution >= 4 is 79.7 Å². The van der Waals surface area contributed by atoms with Crippen molar-refractivity contribution in [1.29, 1.82) is 0 Å². The molecule has 0 aromatic heterocycles. The molecule has 3 nitrogen and oxygen atoms in total. The first kappa shape index (κ1) is 17.5. The van der Waals surface area contributed by atoms with E-state index in [1.165, 1.54) is 6.07 Å². The molecule has 0 atom stereocenters. The second-order valence-electron chi connectivity index (χ2n) is 4.16.